The van der Waals surface area contributed by atoms with Crippen LogP contribution in [-0.2, 0) is 22.4 Å². The highest BCUT2D eigenvalue weighted by molar-refractivity contribution is 8.01. The standard InChI is InChI=1S/C19H23N3O3S2/c23-16(7-12-5-13-3-1-2-4-14(13)6-12)18-17(20-10-27-18)19(24)22-11-26-9-15(22)8-21-25/h1-4,8,12,15,17-18,20,25H,5-7,9-11H2/t15-,17+,18?/m1/s1. The molecule has 0 radical (unpaired) electrons. The predicted octanol–water partition coefficient (Wildman–Crippen LogP) is 1.75. The first-order valence-corrected chi connectivity index (χ1v) is 11.4. The molecule has 2 heterocycles. The van der Waals surface area contributed by atoms with Gasteiger partial charge in [-0.2, -0.15) is 0 Å². The second-order valence-corrected chi connectivity index (χ2v) is 9.40. The minimum Gasteiger partial charge on any atom is -0.411 e. The Bertz CT molecular complexity index is 732. The molecular formula is C19H23N3O3S2. The van der Waals surface area contributed by atoms with Crippen LogP contribution in [0, 0.1) is 5.92 Å². The largest absolute Gasteiger partial charge is 0.411 e. The van der Waals surface area contributed by atoms with Crippen LogP contribution in [-0.4, -0.2) is 62.9 Å². The third-order valence-electron chi connectivity index (χ3n) is 5.52. The SMILES string of the molecule is O=C(CC1Cc2ccccc2C1)C1SCN[C@@H]1C(=O)N1CSC[C@H]1C=NO. The van der Waals surface area contributed by atoms with Gasteiger partial charge in [0.2, 0.25) is 5.91 Å². The molecule has 2 aliphatic heterocycles. The maximum Gasteiger partial charge on any atom is 0.242 e. The average molecular weight is 406 g/mol. The molecule has 0 saturated carbocycles. The van der Waals surface area contributed by atoms with Crippen LogP contribution in [0.4, 0.5) is 0 Å². The van der Waals surface area contributed by atoms with Crippen LogP contribution < -0.4 is 5.32 Å². The lowest BCUT2D eigenvalue weighted by Gasteiger charge is -2.26. The molecule has 1 aliphatic carbocycles. The Morgan fingerprint density at radius 1 is 1.30 bits per heavy atom. The predicted molar refractivity (Wildman–Crippen MR) is 108 cm³/mol. The maximum absolute atomic E-state index is 13.0. The Balaban J connectivity index is 1.39. The number of rotatable bonds is 5. The van der Waals surface area contributed by atoms with Gasteiger partial charge < -0.3 is 10.1 Å². The lowest BCUT2D eigenvalue weighted by molar-refractivity contribution is -0.134. The number of benzene rings is 1. The second kappa shape index (κ2) is 8.24. The van der Waals surface area contributed by atoms with Crippen molar-refractivity contribution in [1.82, 2.24) is 10.2 Å². The number of thioether (sulfide) groups is 2. The normalized spacial score (nSPS) is 28.1. The number of amides is 1. The van der Waals surface area contributed by atoms with E-state index in [4.69, 9.17) is 5.21 Å². The van der Waals surface area contributed by atoms with Gasteiger partial charge in [0.05, 0.1) is 23.4 Å². The molecule has 2 fully saturated rings. The van der Waals surface area contributed by atoms with Crippen molar-refractivity contribution in [2.75, 3.05) is 17.5 Å². The summed E-state index contributed by atoms with van der Waals surface area (Å²) in [6, 6.07) is 7.70. The van der Waals surface area contributed by atoms with Crippen LogP contribution in [0.5, 0.6) is 0 Å². The molecule has 0 aromatic heterocycles. The molecule has 144 valence electrons. The fourth-order valence-electron chi connectivity index (χ4n) is 4.19. The number of nitrogens with zero attached hydrogens (tertiary/aromatic N) is 2. The number of carbonyl (C=O) groups is 2. The van der Waals surface area contributed by atoms with E-state index in [1.165, 1.54) is 29.1 Å². The first kappa shape index (κ1) is 18.8. The van der Waals surface area contributed by atoms with Crippen LogP contribution in [0.25, 0.3) is 0 Å². The van der Waals surface area contributed by atoms with Gasteiger partial charge in [-0.15, -0.1) is 23.5 Å². The van der Waals surface area contributed by atoms with E-state index in [2.05, 4.69) is 34.7 Å². The maximum atomic E-state index is 13.0. The zero-order valence-corrected chi connectivity index (χ0v) is 16.5. The molecule has 0 bridgehead atoms. The summed E-state index contributed by atoms with van der Waals surface area (Å²) in [5, 5.41) is 14.8. The van der Waals surface area contributed by atoms with Crippen molar-refractivity contribution in [1.29, 1.82) is 0 Å². The molecule has 3 atom stereocenters. The Labute approximate surface area is 167 Å². The second-order valence-electron chi connectivity index (χ2n) is 7.27. The van der Waals surface area contributed by atoms with Gasteiger partial charge in [0, 0.05) is 18.1 Å². The van der Waals surface area contributed by atoms with Gasteiger partial charge in [-0.25, -0.2) is 0 Å². The summed E-state index contributed by atoms with van der Waals surface area (Å²) >= 11 is 3.16. The van der Waals surface area contributed by atoms with Crippen LogP contribution in [0.15, 0.2) is 29.4 Å². The third-order valence-corrected chi connectivity index (χ3v) is 7.78. The topological polar surface area (TPSA) is 82.0 Å². The van der Waals surface area contributed by atoms with Gasteiger partial charge in [0.15, 0.2) is 0 Å². The monoisotopic (exact) mass is 405 g/mol. The number of hydrogen-bond donors (Lipinski definition) is 2. The Kier molecular flexibility index (Phi) is 5.75. The van der Waals surface area contributed by atoms with E-state index in [0.717, 1.165) is 12.8 Å². The number of carbonyl (C=O) groups excluding carboxylic acids is 2. The molecule has 6 nitrogen and oxygen atoms in total. The molecule has 1 aromatic carbocycles. The molecule has 4 rings (SSSR count). The van der Waals surface area contributed by atoms with Crippen LogP contribution >= 0.6 is 23.5 Å². The number of nitrogens with one attached hydrogen (secondary N) is 1. The van der Waals surface area contributed by atoms with E-state index in [1.807, 2.05) is 0 Å². The number of Topliss-reactive ketones (excluding diaryl/α,β-unsaturated/α-hetero) is 1. The van der Waals surface area contributed by atoms with Gasteiger partial charge >= 0.3 is 0 Å². The van der Waals surface area contributed by atoms with Crippen molar-refractivity contribution in [3.63, 3.8) is 0 Å². The first-order chi connectivity index (χ1) is 13.2. The molecule has 1 unspecified atom stereocenters. The van der Waals surface area contributed by atoms with E-state index in [9.17, 15) is 9.59 Å². The van der Waals surface area contributed by atoms with Crippen molar-refractivity contribution < 1.29 is 14.8 Å². The highest BCUT2D eigenvalue weighted by Gasteiger charge is 2.43. The van der Waals surface area contributed by atoms with Crippen molar-refractivity contribution in [2.45, 2.75) is 36.6 Å². The van der Waals surface area contributed by atoms with Gasteiger partial charge in [0.25, 0.3) is 0 Å². The minimum atomic E-state index is -0.487. The fraction of sp³-hybridized carbons (Fsp3) is 0.526. The van der Waals surface area contributed by atoms with Crippen molar-refractivity contribution >= 4 is 41.4 Å². The van der Waals surface area contributed by atoms with E-state index >= 15 is 0 Å². The molecular weight excluding hydrogens is 382 g/mol. The first-order valence-electron chi connectivity index (χ1n) is 9.17. The molecule has 0 spiro atoms. The zero-order valence-electron chi connectivity index (χ0n) is 14.9. The zero-order chi connectivity index (χ0) is 18.8. The number of hydrogen-bond acceptors (Lipinski definition) is 7. The summed E-state index contributed by atoms with van der Waals surface area (Å²) in [4.78, 5) is 27.7. The molecule has 2 saturated heterocycles. The molecule has 27 heavy (non-hydrogen) atoms. The van der Waals surface area contributed by atoms with Gasteiger partial charge in [-0.05, 0) is 29.9 Å². The summed E-state index contributed by atoms with van der Waals surface area (Å²) < 4.78 is 0. The summed E-state index contributed by atoms with van der Waals surface area (Å²) in [6.45, 7) is 0. The Morgan fingerprint density at radius 2 is 2.04 bits per heavy atom. The van der Waals surface area contributed by atoms with Gasteiger partial charge in [0.1, 0.15) is 11.8 Å². The van der Waals surface area contributed by atoms with Crippen LogP contribution in [0.2, 0.25) is 0 Å². The van der Waals surface area contributed by atoms with Gasteiger partial charge in [-0.3, -0.25) is 14.9 Å². The van der Waals surface area contributed by atoms with Crippen molar-refractivity contribution in [3.05, 3.63) is 35.4 Å². The highest BCUT2D eigenvalue weighted by atomic mass is 32.2. The van der Waals surface area contributed by atoms with Crippen LogP contribution in [0.1, 0.15) is 17.5 Å². The summed E-state index contributed by atoms with van der Waals surface area (Å²) in [5.74, 6) is 2.33. The highest BCUT2D eigenvalue weighted by Crippen LogP contribution is 2.33. The van der Waals surface area contributed by atoms with E-state index < -0.39 is 6.04 Å². The molecule has 2 N–H and O–H groups in total. The number of oxime groups is 1. The molecule has 1 aromatic rings. The molecule has 1 amide bonds. The van der Waals surface area contributed by atoms with Crippen LogP contribution in [0.3, 0.4) is 0 Å². The molecule has 8 heteroatoms. The lowest BCUT2D eigenvalue weighted by Crippen LogP contribution is -2.52. The van der Waals surface area contributed by atoms with E-state index in [-0.39, 0.29) is 23.0 Å². The van der Waals surface area contributed by atoms with E-state index in [0.29, 0.717) is 29.8 Å². The van der Waals surface area contributed by atoms with Crippen molar-refractivity contribution in [2.24, 2.45) is 11.1 Å². The smallest absolute Gasteiger partial charge is 0.242 e. The summed E-state index contributed by atoms with van der Waals surface area (Å²) in [5.41, 5.74) is 2.70. The Morgan fingerprint density at radius 3 is 2.74 bits per heavy atom. The quantitative estimate of drug-likeness (QED) is 0.441. The van der Waals surface area contributed by atoms with E-state index in [1.54, 1.807) is 16.7 Å². The van der Waals surface area contributed by atoms with Gasteiger partial charge in [-0.1, -0.05) is 29.4 Å². The third kappa shape index (κ3) is 3.88. The lowest BCUT2D eigenvalue weighted by atomic mass is 9.95. The fourth-order valence-corrected chi connectivity index (χ4v) is 6.46. The molecule has 3 aliphatic rings. The minimum absolute atomic E-state index is 0.0667. The van der Waals surface area contributed by atoms with Crippen molar-refractivity contribution in [3.8, 4) is 0 Å². The number of ketones is 1. The summed E-state index contributed by atoms with van der Waals surface area (Å²) in [6.07, 6.45) is 3.81. The Hall–Kier alpha value is -1.51. The summed E-state index contributed by atoms with van der Waals surface area (Å²) in [7, 11) is 0. The number of fused-ring (bicyclic) bond motifs is 1. The average Bonchev–Trinajstić information content (AvgIpc) is 3.40.